The second-order valence-corrected chi connectivity index (χ2v) is 4.10. The molecule has 4 nitrogen and oxygen atoms in total. The van der Waals surface area contributed by atoms with E-state index in [-0.39, 0.29) is 0 Å². The minimum absolute atomic E-state index is 0.556. The Morgan fingerprint density at radius 3 is 3.00 bits per heavy atom. The minimum Gasteiger partial charge on any atom is -0.347 e. The molecule has 2 heterocycles. The Kier molecular flexibility index (Phi) is 3.38. The van der Waals surface area contributed by atoms with Crippen molar-refractivity contribution in [1.29, 1.82) is 0 Å². The number of nitrogens with zero attached hydrogens (tertiary/aromatic N) is 2. The average Bonchev–Trinajstić information content (AvgIpc) is 2.73. The highest BCUT2D eigenvalue weighted by molar-refractivity contribution is 5.15. The fraction of sp³-hybridized carbons (Fsp3) is 0.727. The Hall–Kier alpha value is -0.870. The molecule has 1 aromatic heterocycles. The molecular formula is C11H20N4. The van der Waals surface area contributed by atoms with Gasteiger partial charge in [0.15, 0.2) is 0 Å². The van der Waals surface area contributed by atoms with E-state index in [0.29, 0.717) is 6.04 Å². The van der Waals surface area contributed by atoms with Crippen LogP contribution in [0.4, 0.5) is 0 Å². The third-order valence-electron chi connectivity index (χ3n) is 3.19. The van der Waals surface area contributed by atoms with Crippen LogP contribution in [0.3, 0.4) is 0 Å². The van der Waals surface area contributed by atoms with Gasteiger partial charge in [-0.1, -0.05) is 13.8 Å². The molecule has 0 spiro atoms. The number of fused-ring (bicyclic) bond motifs is 1. The van der Waals surface area contributed by atoms with E-state index in [1.165, 1.54) is 11.4 Å². The highest BCUT2D eigenvalue weighted by atomic mass is 15.1. The molecule has 84 valence electrons. The summed E-state index contributed by atoms with van der Waals surface area (Å²) in [4.78, 5) is 9.98. The van der Waals surface area contributed by atoms with Crippen molar-refractivity contribution in [2.24, 2.45) is 0 Å². The monoisotopic (exact) mass is 208 g/mol. The molecule has 0 fully saturated rings. The zero-order chi connectivity index (χ0) is 10.7. The van der Waals surface area contributed by atoms with Gasteiger partial charge in [-0.3, -0.25) is 0 Å². The average molecular weight is 208 g/mol. The largest absolute Gasteiger partial charge is 0.347 e. The lowest BCUT2D eigenvalue weighted by molar-refractivity contribution is 0.256. The number of hydrogen-bond acceptors (Lipinski definition) is 3. The zero-order valence-corrected chi connectivity index (χ0v) is 9.58. The van der Waals surface area contributed by atoms with Gasteiger partial charge in [-0.2, -0.15) is 0 Å². The summed E-state index contributed by atoms with van der Waals surface area (Å²) < 4.78 is 0. The molecular weight excluding hydrogens is 188 g/mol. The predicted octanol–water partition coefficient (Wildman–Crippen LogP) is 0.766. The van der Waals surface area contributed by atoms with Crippen molar-refractivity contribution in [3.05, 3.63) is 17.7 Å². The van der Waals surface area contributed by atoms with E-state index in [4.69, 9.17) is 0 Å². The Morgan fingerprint density at radius 1 is 1.47 bits per heavy atom. The first-order valence-corrected chi connectivity index (χ1v) is 5.80. The normalized spacial score (nSPS) is 20.6. The molecule has 0 amide bonds. The molecule has 1 aromatic rings. The van der Waals surface area contributed by atoms with Crippen LogP contribution in [0, 0.1) is 0 Å². The summed E-state index contributed by atoms with van der Waals surface area (Å²) in [6.07, 6.45) is 2.85. The number of aromatic nitrogens is 2. The number of likely N-dealkylation sites (N-methyl/N-ethyl adjacent to an activating group) is 1. The van der Waals surface area contributed by atoms with Crippen LogP contribution in [0.25, 0.3) is 0 Å². The van der Waals surface area contributed by atoms with Crippen LogP contribution >= 0.6 is 0 Å². The van der Waals surface area contributed by atoms with Gasteiger partial charge in [-0.05, 0) is 13.1 Å². The summed E-state index contributed by atoms with van der Waals surface area (Å²) in [6, 6.07) is 0.556. The first-order chi connectivity index (χ1) is 7.33. The lowest BCUT2D eigenvalue weighted by Crippen LogP contribution is -2.44. The van der Waals surface area contributed by atoms with Gasteiger partial charge in [-0.25, -0.2) is 4.98 Å². The molecule has 0 saturated carbocycles. The molecule has 0 saturated heterocycles. The summed E-state index contributed by atoms with van der Waals surface area (Å²) in [6.45, 7) is 8.74. The Morgan fingerprint density at radius 2 is 2.27 bits per heavy atom. The van der Waals surface area contributed by atoms with Crippen LogP contribution in [0.5, 0.6) is 0 Å². The molecule has 0 aliphatic carbocycles. The smallest absolute Gasteiger partial charge is 0.0925 e. The van der Waals surface area contributed by atoms with Crippen LogP contribution in [0.2, 0.25) is 0 Å². The molecule has 0 bridgehead atoms. The Bertz CT molecular complexity index is 303. The van der Waals surface area contributed by atoms with Crippen molar-refractivity contribution < 1.29 is 0 Å². The van der Waals surface area contributed by atoms with Crippen molar-refractivity contribution in [3.63, 3.8) is 0 Å². The molecule has 4 heteroatoms. The van der Waals surface area contributed by atoms with Crippen LogP contribution < -0.4 is 5.32 Å². The fourth-order valence-corrected chi connectivity index (χ4v) is 2.15. The van der Waals surface area contributed by atoms with Crippen molar-refractivity contribution in [2.75, 3.05) is 19.6 Å². The maximum absolute atomic E-state index is 4.35. The number of rotatable bonds is 4. The van der Waals surface area contributed by atoms with E-state index in [2.05, 4.69) is 34.0 Å². The van der Waals surface area contributed by atoms with E-state index in [1.807, 2.05) is 0 Å². The summed E-state index contributed by atoms with van der Waals surface area (Å²) in [7, 11) is 0. The first kappa shape index (κ1) is 10.6. The molecule has 15 heavy (non-hydrogen) atoms. The third kappa shape index (κ3) is 2.38. The lowest BCUT2D eigenvalue weighted by Gasteiger charge is -2.28. The van der Waals surface area contributed by atoms with Crippen LogP contribution in [-0.4, -0.2) is 40.5 Å². The molecule has 1 aliphatic heterocycles. The van der Waals surface area contributed by atoms with Gasteiger partial charge in [-0.15, -0.1) is 0 Å². The van der Waals surface area contributed by atoms with E-state index in [9.17, 15) is 0 Å². The third-order valence-corrected chi connectivity index (χ3v) is 3.19. The second kappa shape index (κ2) is 4.77. The predicted molar refractivity (Wildman–Crippen MR) is 60.7 cm³/mol. The van der Waals surface area contributed by atoms with Crippen LogP contribution in [0.1, 0.15) is 25.2 Å². The van der Waals surface area contributed by atoms with Gasteiger partial charge in [0.05, 0.1) is 17.7 Å². The maximum Gasteiger partial charge on any atom is 0.0925 e. The Labute approximate surface area is 91.1 Å². The van der Waals surface area contributed by atoms with E-state index < -0.39 is 0 Å². The number of nitrogens with one attached hydrogen (secondary N) is 2. The van der Waals surface area contributed by atoms with Crippen LogP contribution in [0.15, 0.2) is 6.33 Å². The van der Waals surface area contributed by atoms with Gasteiger partial charge in [0.2, 0.25) is 0 Å². The molecule has 0 radical (unpaired) electrons. The standard InChI is InChI=1S/C11H20N4/c1-3-15(4-2)7-9-5-10-11(6-12-9)14-8-13-10/h8-9,12H,3-7H2,1-2H3,(H,13,14). The van der Waals surface area contributed by atoms with Gasteiger partial charge < -0.3 is 15.2 Å². The van der Waals surface area contributed by atoms with Crippen molar-refractivity contribution in [3.8, 4) is 0 Å². The number of imidazole rings is 1. The number of aromatic amines is 1. The quantitative estimate of drug-likeness (QED) is 0.768. The zero-order valence-electron chi connectivity index (χ0n) is 9.58. The molecule has 1 aliphatic rings. The summed E-state index contributed by atoms with van der Waals surface area (Å²) in [5.74, 6) is 0. The maximum atomic E-state index is 4.35. The highest BCUT2D eigenvalue weighted by Gasteiger charge is 2.20. The number of hydrogen-bond donors (Lipinski definition) is 2. The van der Waals surface area contributed by atoms with Gasteiger partial charge in [0, 0.05) is 25.6 Å². The second-order valence-electron chi connectivity index (χ2n) is 4.10. The topological polar surface area (TPSA) is 44.0 Å². The summed E-state index contributed by atoms with van der Waals surface area (Å²) in [5.41, 5.74) is 2.50. The van der Waals surface area contributed by atoms with Gasteiger partial charge in [0.1, 0.15) is 0 Å². The lowest BCUT2D eigenvalue weighted by atomic mass is 10.1. The molecule has 1 unspecified atom stereocenters. The molecule has 1 atom stereocenters. The van der Waals surface area contributed by atoms with Gasteiger partial charge >= 0.3 is 0 Å². The molecule has 2 N–H and O–H groups in total. The summed E-state index contributed by atoms with van der Waals surface area (Å²) in [5, 5.41) is 3.55. The van der Waals surface area contributed by atoms with Crippen molar-refractivity contribution in [2.45, 2.75) is 32.9 Å². The fourth-order valence-electron chi connectivity index (χ4n) is 2.15. The molecule has 2 rings (SSSR count). The Balaban J connectivity index is 1.92. The minimum atomic E-state index is 0.556. The number of H-pyrrole nitrogens is 1. The SMILES string of the molecule is CCN(CC)CC1Cc2nc[nH]c2CN1. The van der Waals surface area contributed by atoms with Crippen molar-refractivity contribution >= 4 is 0 Å². The first-order valence-electron chi connectivity index (χ1n) is 5.80. The summed E-state index contributed by atoms with van der Waals surface area (Å²) >= 11 is 0. The molecule has 0 aromatic carbocycles. The highest BCUT2D eigenvalue weighted by Crippen LogP contribution is 2.12. The van der Waals surface area contributed by atoms with Gasteiger partial charge in [0.25, 0.3) is 0 Å². The van der Waals surface area contributed by atoms with Crippen molar-refractivity contribution in [1.82, 2.24) is 20.2 Å². The van der Waals surface area contributed by atoms with E-state index in [0.717, 1.165) is 32.6 Å². The van der Waals surface area contributed by atoms with E-state index in [1.54, 1.807) is 6.33 Å². The van der Waals surface area contributed by atoms with E-state index >= 15 is 0 Å². The van der Waals surface area contributed by atoms with Crippen LogP contribution in [-0.2, 0) is 13.0 Å².